The van der Waals surface area contributed by atoms with E-state index >= 15 is 0 Å². The van der Waals surface area contributed by atoms with Crippen molar-refractivity contribution in [1.29, 1.82) is 0 Å². The van der Waals surface area contributed by atoms with Crippen molar-refractivity contribution in [2.45, 2.75) is 23.7 Å². The fourth-order valence-electron chi connectivity index (χ4n) is 3.06. The third kappa shape index (κ3) is 4.93. The molecule has 0 radical (unpaired) electrons. The van der Waals surface area contributed by atoms with Gasteiger partial charge in [0.2, 0.25) is 0 Å². The normalized spacial score (nSPS) is 19.5. The van der Waals surface area contributed by atoms with Gasteiger partial charge in [-0.25, -0.2) is 13.2 Å². The molecule has 1 atom stereocenters. The van der Waals surface area contributed by atoms with Gasteiger partial charge in [0.05, 0.1) is 10.6 Å². The zero-order chi connectivity index (χ0) is 23.0. The summed E-state index contributed by atoms with van der Waals surface area (Å²) in [6.45, 7) is 0.973. The number of halogens is 4. The summed E-state index contributed by atoms with van der Waals surface area (Å²) in [5, 5.41) is 2.82. The molecule has 1 aliphatic rings. The van der Waals surface area contributed by atoms with Gasteiger partial charge in [0, 0.05) is 11.6 Å². The molecule has 0 saturated carbocycles. The number of hydrogen-bond donors (Lipinski definition) is 1. The first-order valence-electron chi connectivity index (χ1n) is 8.80. The van der Waals surface area contributed by atoms with E-state index in [4.69, 9.17) is 11.6 Å². The minimum absolute atomic E-state index is 0.00744. The van der Waals surface area contributed by atoms with E-state index in [1.54, 1.807) is 0 Å². The molecule has 3 rings (SSSR count). The molecule has 1 fully saturated rings. The standard InChI is InChI=1S/C19H16ClF3N2O5S/c1-18(12-2-6-14(7-3-12)30-19(21,22)23)16(26)25(17(27)24-18)10-11-31(28,29)15-8-4-13(20)5-9-15/h2-9H,10-11H2,1H3,(H,24,27). The Bertz CT molecular complexity index is 1100. The first-order valence-corrected chi connectivity index (χ1v) is 10.8. The molecule has 12 heteroatoms. The van der Waals surface area contributed by atoms with E-state index in [1.165, 1.54) is 43.3 Å². The molecule has 1 N–H and O–H groups in total. The molecule has 1 aliphatic heterocycles. The van der Waals surface area contributed by atoms with Gasteiger partial charge in [-0.3, -0.25) is 9.69 Å². The SMILES string of the molecule is CC1(c2ccc(OC(F)(F)F)cc2)NC(=O)N(CCS(=O)(=O)c2ccc(Cl)cc2)C1=O. The number of amides is 3. The summed E-state index contributed by atoms with van der Waals surface area (Å²) in [4.78, 5) is 26.0. The second kappa shape index (κ2) is 8.04. The van der Waals surface area contributed by atoms with E-state index in [0.29, 0.717) is 5.02 Å². The van der Waals surface area contributed by atoms with E-state index in [1.807, 2.05) is 0 Å². The number of ether oxygens (including phenoxy) is 1. The van der Waals surface area contributed by atoms with Gasteiger partial charge in [0.25, 0.3) is 5.91 Å². The maximum absolute atomic E-state index is 12.9. The third-order valence-electron chi connectivity index (χ3n) is 4.70. The number of hydrogen-bond acceptors (Lipinski definition) is 5. The van der Waals surface area contributed by atoms with Crippen molar-refractivity contribution in [2.24, 2.45) is 0 Å². The summed E-state index contributed by atoms with van der Waals surface area (Å²) in [7, 11) is -3.79. The summed E-state index contributed by atoms with van der Waals surface area (Å²) in [5.74, 6) is -1.72. The zero-order valence-electron chi connectivity index (χ0n) is 15.9. The number of sulfone groups is 1. The maximum Gasteiger partial charge on any atom is 0.573 e. The molecule has 2 aromatic rings. The van der Waals surface area contributed by atoms with Crippen LogP contribution in [0.25, 0.3) is 0 Å². The Labute approximate surface area is 180 Å². The van der Waals surface area contributed by atoms with Crippen LogP contribution < -0.4 is 10.1 Å². The molecule has 0 aromatic heterocycles. The summed E-state index contributed by atoms with van der Waals surface area (Å²) in [6, 6.07) is 9.10. The first-order chi connectivity index (χ1) is 14.3. The molecule has 0 bridgehead atoms. The van der Waals surface area contributed by atoms with Crippen LogP contribution in [0.5, 0.6) is 5.75 Å². The van der Waals surface area contributed by atoms with Crippen LogP contribution in [0.1, 0.15) is 12.5 Å². The topological polar surface area (TPSA) is 92.8 Å². The van der Waals surface area contributed by atoms with Crippen molar-refractivity contribution in [1.82, 2.24) is 10.2 Å². The van der Waals surface area contributed by atoms with Crippen molar-refractivity contribution in [3.05, 3.63) is 59.1 Å². The fourth-order valence-corrected chi connectivity index (χ4v) is 4.39. The quantitative estimate of drug-likeness (QED) is 0.644. The van der Waals surface area contributed by atoms with Crippen molar-refractivity contribution < 1.29 is 35.9 Å². The van der Waals surface area contributed by atoms with Gasteiger partial charge in [-0.05, 0) is 48.9 Å². The maximum atomic E-state index is 12.9. The number of rotatable bonds is 6. The van der Waals surface area contributed by atoms with Crippen LogP contribution in [0.15, 0.2) is 53.4 Å². The van der Waals surface area contributed by atoms with Crippen LogP contribution in [-0.2, 0) is 20.2 Å². The third-order valence-corrected chi connectivity index (χ3v) is 6.66. The Hall–Kier alpha value is -2.79. The molecule has 0 aliphatic carbocycles. The van der Waals surface area contributed by atoms with Gasteiger partial charge in [-0.2, -0.15) is 0 Å². The second-order valence-electron chi connectivity index (χ2n) is 6.86. The van der Waals surface area contributed by atoms with Gasteiger partial charge in [0.1, 0.15) is 11.3 Å². The van der Waals surface area contributed by atoms with Gasteiger partial charge >= 0.3 is 12.4 Å². The molecule has 3 amide bonds. The first kappa shape index (κ1) is 22.9. The minimum atomic E-state index is -4.87. The van der Waals surface area contributed by atoms with Crippen molar-refractivity contribution >= 4 is 33.4 Å². The van der Waals surface area contributed by atoms with Crippen LogP contribution >= 0.6 is 11.6 Å². The molecule has 2 aromatic carbocycles. The largest absolute Gasteiger partial charge is 0.573 e. The molecule has 1 unspecified atom stereocenters. The fraction of sp³-hybridized carbons (Fsp3) is 0.263. The number of nitrogens with one attached hydrogen (secondary N) is 1. The van der Waals surface area contributed by atoms with Crippen LogP contribution in [0.3, 0.4) is 0 Å². The number of carbonyl (C=O) groups excluding carboxylic acids is 2. The summed E-state index contributed by atoms with van der Waals surface area (Å²) >= 11 is 5.75. The lowest BCUT2D eigenvalue weighted by Gasteiger charge is -2.22. The molecule has 31 heavy (non-hydrogen) atoms. The Balaban J connectivity index is 1.74. The highest BCUT2D eigenvalue weighted by molar-refractivity contribution is 7.91. The summed E-state index contributed by atoms with van der Waals surface area (Å²) in [6.07, 6.45) is -4.87. The highest BCUT2D eigenvalue weighted by Gasteiger charge is 2.49. The number of imide groups is 1. The monoisotopic (exact) mass is 476 g/mol. The van der Waals surface area contributed by atoms with Gasteiger partial charge in [0.15, 0.2) is 9.84 Å². The van der Waals surface area contributed by atoms with E-state index in [2.05, 4.69) is 10.1 Å². The Morgan fingerprint density at radius 1 is 1.06 bits per heavy atom. The lowest BCUT2D eigenvalue weighted by molar-refractivity contribution is -0.274. The average Bonchev–Trinajstić information content (AvgIpc) is 2.89. The molecule has 1 heterocycles. The van der Waals surface area contributed by atoms with Crippen LogP contribution in [0.2, 0.25) is 5.02 Å². The summed E-state index contributed by atoms with van der Waals surface area (Å²) < 4.78 is 65.7. The number of urea groups is 1. The molecule has 1 saturated heterocycles. The highest BCUT2D eigenvalue weighted by atomic mass is 35.5. The van der Waals surface area contributed by atoms with Crippen LogP contribution in [0.4, 0.5) is 18.0 Å². The lowest BCUT2D eigenvalue weighted by Crippen LogP contribution is -2.41. The Morgan fingerprint density at radius 3 is 2.19 bits per heavy atom. The lowest BCUT2D eigenvalue weighted by atomic mass is 9.92. The second-order valence-corrected chi connectivity index (χ2v) is 9.40. The Kier molecular flexibility index (Phi) is 5.94. The van der Waals surface area contributed by atoms with E-state index in [0.717, 1.165) is 17.0 Å². The zero-order valence-corrected chi connectivity index (χ0v) is 17.5. The molecule has 7 nitrogen and oxygen atoms in total. The van der Waals surface area contributed by atoms with E-state index < -0.39 is 51.7 Å². The van der Waals surface area contributed by atoms with Gasteiger partial charge in [-0.1, -0.05) is 23.7 Å². The molecule has 166 valence electrons. The van der Waals surface area contributed by atoms with Gasteiger partial charge in [-0.15, -0.1) is 13.2 Å². The van der Waals surface area contributed by atoms with E-state index in [-0.39, 0.29) is 10.5 Å². The highest BCUT2D eigenvalue weighted by Crippen LogP contribution is 2.31. The predicted octanol–water partition coefficient (Wildman–Crippen LogP) is 3.48. The Morgan fingerprint density at radius 2 is 1.65 bits per heavy atom. The molecular formula is C19H16ClF3N2O5S. The number of nitrogens with zero attached hydrogens (tertiary/aromatic N) is 1. The van der Waals surface area contributed by atoms with Crippen molar-refractivity contribution in [2.75, 3.05) is 12.3 Å². The smallest absolute Gasteiger partial charge is 0.406 e. The number of alkyl halides is 3. The number of carbonyl (C=O) groups is 2. The minimum Gasteiger partial charge on any atom is -0.406 e. The summed E-state index contributed by atoms with van der Waals surface area (Å²) in [5.41, 5.74) is -1.36. The van der Waals surface area contributed by atoms with Crippen LogP contribution in [0, 0.1) is 0 Å². The van der Waals surface area contributed by atoms with Gasteiger partial charge < -0.3 is 10.1 Å². The van der Waals surface area contributed by atoms with Crippen molar-refractivity contribution in [3.63, 3.8) is 0 Å². The average molecular weight is 477 g/mol. The van der Waals surface area contributed by atoms with E-state index in [9.17, 15) is 31.2 Å². The molecular weight excluding hydrogens is 461 g/mol. The molecule has 0 spiro atoms. The predicted molar refractivity (Wildman–Crippen MR) is 104 cm³/mol. The van der Waals surface area contributed by atoms with Crippen LogP contribution in [-0.4, -0.2) is 43.9 Å². The number of benzene rings is 2. The van der Waals surface area contributed by atoms with Crippen molar-refractivity contribution in [3.8, 4) is 5.75 Å².